The highest BCUT2D eigenvalue weighted by Crippen LogP contribution is 2.14. The smallest absolute Gasteiger partial charge is 0.164 e. The van der Waals surface area contributed by atoms with E-state index < -0.39 is 0 Å². The fourth-order valence-electron chi connectivity index (χ4n) is 3.04. The molecule has 0 atom stereocenters. The van der Waals surface area contributed by atoms with Gasteiger partial charge in [-0.25, -0.2) is 4.00 Å². The van der Waals surface area contributed by atoms with E-state index in [4.69, 9.17) is 11.8 Å². The van der Waals surface area contributed by atoms with Crippen LogP contribution in [0, 0.1) is 0 Å². The van der Waals surface area contributed by atoms with Crippen molar-refractivity contribution in [2.24, 2.45) is 0 Å². The number of halogens is 2. The van der Waals surface area contributed by atoms with Crippen LogP contribution in [0.1, 0.15) is 110 Å². The minimum Gasteiger partial charge on any atom is -1.00 e. The van der Waals surface area contributed by atoms with Crippen LogP contribution in [-0.4, -0.2) is 24.6 Å². The predicted molar refractivity (Wildman–Crippen MR) is 102 cm³/mol. The number of hydrogen-bond donors (Lipinski definition) is 0. The van der Waals surface area contributed by atoms with E-state index in [1.165, 1.54) is 103 Å². The SMILES string of the molecule is CCCCCCCCCCCCCCCCCC[N+](C)(C)Cl.[Cl-]. The first-order chi connectivity index (χ1) is 10.6. The number of unbranched alkanes of at least 4 members (excludes halogenated alkanes) is 15. The predicted octanol–water partition coefficient (Wildman–Crippen LogP) is 4.48. The molecule has 0 unspecified atom stereocenters. The second-order valence-corrected chi connectivity index (χ2v) is 8.48. The van der Waals surface area contributed by atoms with Gasteiger partial charge in [-0.05, 0) is 12.8 Å². The number of nitrogens with zero attached hydrogens (tertiary/aromatic N) is 1. The van der Waals surface area contributed by atoms with Gasteiger partial charge in [0.25, 0.3) is 0 Å². The maximum atomic E-state index is 6.14. The van der Waals surface area contributed by atoms with Gasteiger partial charge in [-0.15, -0.1) is 0 Å². The highest BCUT2D eigenvalue weighted by atomic mass is 35.5. The maximum Gasteiger partial charge on any atom is 0.164 e. The lowest BCUT2D eigenvalue weighted by atomic mass is 10.0. The second kappa shape index (κ2) is 18.9. The lowest BCUT2D eigenvalue weighted by Crippen LogP contribution is -3.00. The minimum absolute atomic E-state index is 0. The first-order valence-corrected chi connectivity index (χ1v) is 10.4. The molecular weight excluding hydrogens is 325 g/mol. The largest absolute Gasteiger partial charge is 1.00 e. The Morgan fingerprint density at radius 3 is 1.04 bits per heavy atom. The Morgan fingerprint density at radius 2 is 0.783 bits per heavy atom. The van der Waals surface area contributed by atoms with Crippen LogP contribution >= 0.6 is 11.8 Å². The van der Waals surface area contributed by atoms with Crippen LogP contribution in [0.25, 0.3) is 0 Å². The van der Waals surface area contributed by atoms with Crippen molar-refractivity contribution in [2.45, 2.75) is 110 Å². The van der Waals surface area contributed by atoms with E-state index in [1.807, 2.05) is 0 Å². The third-order valence-corrected chi connectivity index (χ3v) is 4.71. The zero-order valence-electron chi connectivity index (χ0n) is 16.2. The molecule has 0 aliphatic rings. The number of quaternary nitrogens is 1. The summed E-state index contributed by atoms with van der Waals surface area (Å²) in [4.78, 5) is 0. The molecule has 0 aromatic carbocycles. The third kappa shape index (κ3) is 24.9. The van der Waals surface area contributed by atoms with Crippen LogP contribution in [-0.2, 0) is 0 Å². The standard InChI is InChI=1S/C20H43ClN.ClH/c1-4-5-6-7-8-9-10-11-12-13-14-15-16-17-18-19-20-22(2,3)21;/h4-20H2,1-3H3;1H/q+1;/p-1. The van der Waals surface area contributed by atoms with Gasteiger partial charge in [-0.2, -0.15) is 0 Å². The molecule has 3 heteroatoms. The van der Waals surface area contributed by atoms with E-state index in [2.05, 4.69) is 21.0 Å². The van der Waals surface area contributed by atoms with Crippen LogP contribution < -0.4 is 12.4 Å². The normalized spacial score (nSPS) is 11.5. The van der Waals surface area contributed by atoms with E-state index in [-0.39, 0.29) is 12.4 Å². The lowest BCUT2D eigenvalue weighted by Gasteiger charge is -2.17. The second-order valence-electron chi connectivity index (χ2n) is 7.56. The van der Waals surface area contributed by atoms with E-state index in [9.17, 15) is 0 Å². The van der Waals surface area contributed by atoms with E-state index >= 15 is 0 Å². The molecule has 0 N–H and O–H groups in total. The zero-order chi connectivity index (χ0) is 16.5. The van der Waals surface area contributed by atoms with Gasteiger partial charge >= 0.3 is 0 Å². The summed E-state index contributed by atoms with van der Waals surface area (Å²) in [6.07, 6.45) is 22.9. The average molecular weight is 368 g/mol. The summed E-state index contributed by atoms with van der Waals surface area (Å²) in [6, 6.07) is 0. The Labute approximate surface area is 158 Å². The molecule has 0 saturated heterocycles. The number of hydrogen-bond acceptors (Lipinski definition) is 0. The zero-order valence-corrected chi connectivity index (χ0v) is 17.7. The molecule has 0 rings (SSSR count). The van der Waals surface area contributed by atoms with Crippen LogP contribution in [0.3, 0.4) is 0 Å². The summed E-state index contributed by atoms with van der Waals surface area (Å²) in [6.45, 7) is 3.39. The molecule has 0 heterocycles. The van der Waals surface area contributed by atoms with Crippen molar-refractivity contribution >= 4 is 11.8 Å². The van der Waals surface area contributed by atoms with Gasteiger partial charge in [0, 0.05) is 0 Å². The maximum absolute atomic E-state index is 6.14. The molecule has 0 aromatic heterocycles. The van der Waals surface area contributed by atoms with Crippen LogP contribution in [0.15, 0.2) is 0 Å². The summed E-state index contributed by atoms with van der Waals surface area (Å²) < 4.78 is 0.596. The van der Waals surface area contributed by atoms with Gasteiger partial charge in [-0.3, -0.25) is 0 Å². The highest BCUT2D eigenvalue weighted by Gasteiger charge is 2.09. The Morgan fingerprint density at radius 1 is 0.522 bits per heavy atom. The first kappa shape index (κ1) is 25.8. The molecule has 0 fully saturated rings. The van der Waals surface area contributed by atoms with Gasteiger partial charge in [0.15, 0.2) is 11.8 Å². The van der Waals surface area contributed by atoms with Gasteiger partial charge < -0.3 is 12.4 Å². The van der Waals surface area contributed by atoms with Crippen LogP contribution in [0.4, 0.5) is 0 Å². The lowest BCUT2D eigenvalue weighted by molar-refractivity contribution is -0.771. The number of rotatable bonds is 17. The molecule has 0 aliphatic heterocycles. The van der Waals surface area contributed by atoms with Crippen molar-refractivity contribution in [1.29, 1.82) is 0 Å². The van der Waals surface area contributed by atoms with Gasteiger partial charge in [0.05, 0.1) is 20.6 Å². The highest BCUT2D eigenvalue weighted by molar-refractivity contribution is 6.06. The summed E-state index contributed by atoms with van der Waals surface area (Å²) in [5.74, 6) is 0. The molecule has 1 nitrogen and oxygen atoms in total. The Balaban J connectivity index is 0. The third-order valence-electron chi connectivity index (χ3n) is 4.54. The topological polar surface area (TPSA) is 0 Å². The average Bonchev–Trinajstić information content (AvgIpc) is 2.45. The molecule has 23 heavy (non-hydrogen) atoms. The molecule has 0 spiro atoms. The molecular formula is C20H43Cl2N. The fraction of sp³-hybridized carbons (Fsp3) is 1.00. The molecule has 0 aromatic rings. The fourth-order valence-corrected chi connectivity index (χ4v) is 3.16. The van der Waals surface area contributed by atoms with Crippen molar-refractivity contribution in [3.63, 3.8) is 0 Å². The van der Waals surface area contributed by atoms with Gasteiger partial charge in [-0.1, -0.05) is 96.8 Å². The van der Waals surface area contributed by atoms with Gasteiger partial charge in [0.1, 0.15) is 0 Å². The van der Waals surface area contributed by atoms with Crippen molar-refractivity contribution in [2.75, 3.05) is 20.6 Å². The monoisotopic (exact) mass is 367 g/mol. The Hall–Kier alpha value is 0.540. The van der Waals surface area contributed by atoms with Crippen molar-refractivity contribution in [3.05, 3.63) is 0 Å². The summed E-state index contributed by atoms with van der Waals surface area (Å²) in [5, 5.41) is 0. The molecule has 0 aliphatic carbocycles. The quantitative estimate of drug-likeness (QED) is 0.262. The van der Waals surface area contributed by atoms with Crippen molar-refractivity contribution < 1.29 is 16.4 Å². The Bertz CT molecular complexity index is 214. The molecule has 0 radical (unpaired) electrons. The van der Waals surface area contributed by atoms with E-state index in [0.717, 1.165) is 6.54 Å². The summed E-state index contributed by atoms with van der Waals surface area (Å²) in [7, 11) is 4.12. The van der Waals surface area contributed by atoms with Gasteiger partial charge in [0.2, 0.25) is 0 Å². The van der Waals surface area contributed by atoms with E-state index in [1.54, 1.807) is 0 Å². The van der Waals surface area contributed by atoms with Crippen LogP contribution in [0.2, 0.25) is 0 Å². The Kier molecular flexibility index (Phi) is 21.2. The molecule has 142 valence electrons. The molecule has 0 bridgehead atoms. The van der Waals surface area contributed by atoms with Crippen molar-refractivity contribution in [1.82, 2.24) is 0 Å². The summed E-state index contributed by atoms with van der Waals surface area (Å²) in [5.41, 5.74) is 0. The summed E-state index contributed by atoms with van der Waals surface area (Å²) >= 11 is 6.14. The first-order valence-electron chi connectivity index (χ1n) is 10.1. The van der Waals surface area contributed by atoms with Crippen molar-refractivity contribution in [3.8, 4) is 0 Å². The molecule has 0 saturated carbocycles. The molecule has 0 amide bonds. The minimum atomic E-state index is 0. The van der Waals surface area contributed by atoms with E-state index in [0.29, 0.717) is 4.00 Å². The van der Waals surface area contributed by atoms with Crippen LogP contribution in [0.5, 0.6) is 0 Å².